The Morgan fingerprint density at radius 1 is 1.45 bits per heavy atom. The van der Waals surface area contributed by atoms with Crippen LogP contribution in [-0.4, -0.2) is 28.6 Å². The smallest absolute Gasteiger partial charge is 0.261 e. The number of nitrogens with one attached hydrogen (secondary N) is 1. The summed E-state index contributed by atoms with van der Waals surface area (Å²) in [5.41, 5.74) is 0.760. The van der Waals surface area contributed by atoms with Crippen molar-refractivity contribution in [1.82, 2.24) is 5.32 Å². The maximum Gasteiger partial charge on any atom is 0.261 e. The van der Waals surface area contributed by atoms with Gasteiger partial charge in [-0.05, 0) is 29.0 Å². The first-order valence-corrected chi connectivity index (χ1v) is 7.38. The van der Waals surface area contributed by atoms with Crippen LogP contribution in [0.1, 0.15) is 19.4 Å². The number of amides is 1. The van der Waals surface area contributed by atoms with Gasteiger partial charge in [-0.25, -0.2) is 0 Å². The van der Waals surface area contributed by atoms with Crippen molar-refractivity contribution in [1.29, 1.82) is 5.26 Å². The average molecular weight is 290 g/mol. The van der Waals surface area contributed by atoms with Crippen molar-refractivity contribution in [2.24, 2.45) is 0 Å². The van der Waals surface area contributed by atoms with E-state index in [1.807, 2.05) is 6.07 Å². The van der Waals surface area contributed by atoms with Crippen LogP contribution in [0.3, 0.4) is 0 Å². The fourth-order valence-corrected chi connectivity index (χ4v) is 2.13. The van der Waals surface area contributed by atoms with E-state index in [9.17, 15) is 9.90 Å². The molecule has 0 saturated carbocycles. The highest BCUT2D eigenvalue weighted by molar-refractivity contribution is 7.99. The number of rotatable bonds is 6. The van der Waals surface area contributed by atoms with Gasteiger partial charge in [0.2, 0.25) is 0 Å². The average Bonchev–Trinajstić information content (AvgIpc) is 2.42. The highest BCUT2D eigenvalue weighted by atomic mass is 32.2. The van der Waals surface area contributed by atoms with Gasteiger partial charge in [-0.1, -0.05) is 26.0 Å². The Hall–Kier alpha value is -1.93. The molecule has 0 unspecified atom stereocenters. The van der Waals surface area contributed by atoms with Crippen LogP contribution in [0, 0.1) is 11.3 Å². The van der Waals surface area contributed by atoms with Crippen LogP contribution in [0.15, 0.2) is 29.8 Å². The van der Waals surface area contributed by atoms with Crippen molar-refractivity contribution < 1.29 is 9.90 Å². The van der Waals surface area contributed by atoms with Crippen LogP contribution in [0.5, 0.6) is 5.75 Å². The molecule has 0 bridgehead atoms. The lowest BCUT2D eigenvalue weighted by Crippen LogP contribution is -2.27. The maximum atomic E-state index is 11.8. The van der Waals surface area contributed by atoms with Gasteiger partial charge in [0.15, 0.2) is 0 Å². The third-order valence-corrected chi connectivity index (χ3v) is 3.51. The van der Waals surface area contributed by atoms with Crippen molar-refractivity contribution in [2.75, 3.05) is 12.3 Å². The highest BCUT2D eigenvalue weighted by Crippen LogP contribution is 2.13. The third kappa shape index (κ3) is 5.81. The minimum atomic E-state index is -0.370. The lowest BCUT2D eigenvalue weighted by atomic mass is 10.1. The molecule has 106 valence electrons. The van der Waals surface area contributed by atoms with E-state index in [0.29, 0.717) is 17.4 Å². The largest absolute Gasteiger partial charge is 0.508 e. The molecule has 0 aromatic heterocycles. The second-order valence-corrected chi connectivity index (χ2v) is 6.12. The summed E-state index contributed by atoms with van der Waals surface area (Å²) in [6.07, 6.45) is 1.50. The molecular weight excluding hydrogens is 272 g/mol. The van der Waals surface area contributed by atoms with Crippen molar-refractivity contribution in [3.8, 4) is 11.8 Å². The zero-order valence-corrected chi connectivity index (χ0v) is 12.4. The first-order chi connectivity index (χ1) is 9.52. The molecule has 1 rings (SSSR count). The van der Waals surface area contributed by atoms with Gasteiger partial charge in [0.05, 0.1) is 0 Å². The summed E-state index contributed by atoms with van der Waals surface area (Å²) in [4.78, 5) is 11.8. The van der Waals surface area contributed by atoms with E-state index in [2.05, 4.69) is 19.2 Å². The molecule has 0 heterocycles. The molecule has 1 aromatic carbocycles. The van der Waals surface area contributed by atoms with Crippen molar-refractivity contribution >= 4 is 23.7 Å². The van der Waals surface area contributed by atoms with Crippen molar-refractivity contribution in [2.45, 2.75) is 19.1 Å². The summed E-state index contributed by atoms with van der Waals surface area (Å²) < 4.78 is 0. The minimum Gasteiger partial charge on any atom is -0.508 e. The second-order valence-electron chi connectivity index (χ2n) is 4.44. The predicted molar refractivity (Wildman–Crippen MR) is 82.3 cm³/mol. The number of hydrogen-bond acceptors (Lipinski definition) is 4. The molecule has 0 spiro atoms. The summed E-state index contributed by atoms with van der Waals surface area (Å²) in [6, 6.07) is 8.21. The molecule has 2 N–H and O–H groups in total. The highest BCUT2D eigenvalue weighted by Gasteiger charge is 2.08. The topological polar surface area (TPSA) is 73.1 Å². The van der Waals surface area contributed by atoms with Crippen LogP contribution < -0.4 is 5.32 Å². The number of nitriles is 1. The number of carbonyl (C=O) groups excluding carboxylic acids is 1. The van der Waals surface area contributed by atoms with E-state index in [-0.39, 0.29) is 17.2 Å². The fourth-order valence-electron chi connectivity index (χ4n) is 1.44. The Balaban J connectivity index is 2.59. The molecule has 0 fully saturated rings. The molecule has 0 radical (unpaired) electrons. The molecule has 0 atom stereocenters. The van der Waals surface area contributed by atoms with Gasteiger partial charge in [0, 0.05) is 12.3 Å². The van der Waals surface area contributed by atoms with Gasteiger partial charge in [0.25, 0.3) is 5.91 Å². The Bertz CT molecular complexity index is 516. The molecule has 20 heavy (non-hydrogen) atoms. The predicted octanol–water partition coefficient (Wildman–Crippen LogP) is 2.56. The zero-order chi connectivity index (χ0) is 15.0. The molecule has 0 saturated heterocycles. The SMILES string of the molecule is CC(C)SCCNC(=O)/C(C#N)=C/c1ccc(O)cc1. The first-order valence-electron chi connectivity index (χ1n) is 6.33. The summed E-state index contributed by atoms with van der Waals surface area (Å²) in [6.45, 7) is 4.73. The summed E-state index contributed by atoms with van der Waals surface area (Å²) in [7, 11) is 0. The van der Waals surface area contributed by atoms with Crippen LogP contribution in [0.25, 0.3) is 6.08 Å². The lowest BCUT2D eigenvalue weighted by molar-refractivity contribution is -0.116. The van der Waals surface area contributed by atoms with Gasteiger partial charge in [0.1, 0.15) is 17.4 Å². The number of aromatic hydroxyl groups is 1. The minimum absolute atomic E-state index is 0.0604. The molecule has 4 nitrogen and oxygen atoms in total. The number of phenolic OH excluding ortho intramolecular Hbond substituents is 1. The van der Waals surface area contributed by atoms with Crippen LogP contribution >= 0.6 is 11.8 Å². The number of carbonyl (C=O) groups is 1. The normalized spacial score (nSPS) is 11.2. The van der Waals surface area contributed by atoms with Crippen LogP contribution in [0.4, 0.5) is 0 Å². The first kappa shape index (κ1) is 16.1. The van der Waals surface area contributed by atoms with E-state index in [1.54, 1.807) is 23.9 Å². The number of nitrogens with zero attached hydrogens (tertiary/aromatic N) is 1. The van der Waals surface area contributed by atoms with Crippen molar-refractivity contribution in [3.05, 3.63) is 35.4 Å². The molecule has 0 aliphatic heterocycles. The molecular formula is C15H18N2O2S. The van der Waals surface area contributed by atoms with E-state index >= 15 is 0 Å². The summed E-state index contributed by atoms with van der Waals surface area (Å²) >= 11 is 1.75. The van der Waals surface area contributed by atoms with Crippen LogP contribution in [0.2, 0.25) is 0 Å². The van der Waals surface area contributed by atoms with E-state index in [0.717, 1.165) is 5.75 Å². The van der Waals surface area contributed by atoms with E-state index < -0.39 is 0 Å². The zero-order valence-electron chi connectivity index (χ0n) is 11.6. The standard InChI is InChI=1S/C15H18N2O2S/c1-11(2)20-8-7-17-15(19)13(10-16)9-12-3-5-14(18)6-4-12/h3-6,9,11,18H,7-8H2,1-2H3,(H,17,19)/b13-9+. The summed E-state index contributed by atoms with van der Waals surface area (Å²) in [5.74, 6) is 0.599. The van der Waals surface area contributed by atoms with Gasteiger partial charge in [-0.2, -0.15) is 17.0 Å². The number of thioether (sulfide) groups is 1. The second kappa shape index (κ2) is 8.28. The van der Waals surface area contributed by atoms with Gasteiger partial charge >= 0.3 is 0 Å². The Morgan fingerprint density at radius 2 is 2.10 bits per heavy atom. The molecule has 0 aliphatic rings. The molecule has 5 heteroatoms. The Kier molecular flexibility index (Phi) is 6.68. The lowest BCUT2D eigenvalue weighted by Gasteiger charge is -2.06. The number of benzene rings is 1. The van der Waals surface area contributed by atoms with Gasteiger partial charge < -0.3 is 10.4 Å². The van der Waals surface area contributed by atoms with Gasteiger partial charge in [-0.15, -0.1) is 0 Å². The number of phenols is 1. The quantitative estimate of drug-likeness (QED) is 0.480. The fraction of sp³-hybridized carbons (Fsp3) is 0.333. The summed E-state index contributed by atoms with van der Waals surface area (Å²) in [5, 5.41) is 21.4. The molecule has 0 aliphatic carbocycles. The maximum absolute atomic E-state index is 11.8. The van der Waals surface area contributed by atoms with E-state index in [1.165, 1.54) is 18.2 Å². The molecule has 1 amide bonds. The van der Waals surface area contributed by atoms with Crippen molar-refractivity contribution in [3.63, 3.8) is 0 Å². The third-order valence-electron chi connectivity index (χ3n) is 2.41. The Labute approximate surface area is 123 Å². The van der Waals surface area contributed by atoms with Crippen LogP contribution in [-0.2, 0) is 4.79 Å². The molecule has 1 aromatic rings. The number of hydrogen-bond donors (Lipinski definition) is 2. The van der Waals surface area contributed by atoms with E-state index in [4.69, 9.17) is 5.26 Å². The van der Waals surface area contributed by atoms with Gasteiger partial charge in [-0.3, -0.25) is 4.79 Å². The Morgan fingerprint density at radius 3 is 2.65 bits per heavy atom. The monoisotopic (exact) mass is 290 g/mol.